The van der Waals surface area contributed by atoms with Crippen molar-refractivity contribution in [1.29, 1.82) is 0 Å². The Labute approximate surface area is 211 Å². The summed E-state index contributed by atoms with van der Waals surface area (Å²) >= 11 is 23.8. The zero-order valence-corrected chi connectivity index (χ0v) is 21.0. The standard InChI is InChI=1S/C21H21Cl3N8S/c1-3-32-13(2)15(7-26-32)10-30-11-16(8-25-30)27-21(33)28-20-19(24)12-31(29-20)9-14-4-5-17(22)18(23)6-14/h4-8,11-12H,3,9-10H2,1-2H3,(H2,27,28,29,33). The average molecular weight is 524 g/mol. The van der Waals surface area contributed by atoms with Crippen molar-refractivity contribution in [3.8, 4) is 0 Å². The second-order valence-electron chi connectivity index (χ2n) is 7.35. The summed E-state index contributed by atoms with van der Waals surface area (Å²) in [7, 11) is 0. The first-order chi connectivity index (χ1) is 15.8. The molecule has 0 saturated carbocycles. The third kappa shape index (κ3) is 5.67. The van der Waals surface area contributed by atoms with Gasteiger partial charge in [-0.1, -0.05) is 40.9 Å². The molecule has 0 aliphatic heterocycles. The molecule has 0 aliphatic carbocycles. The van der Waals surface area contributed by atoms with E-state index in [-0.39, 0.29) is 0 Å². The topological polar surface area (TPSA) is 77.5 Å². The molecule has 0 unspecified atom stereocenters. The highest BCUT2D eigenvalue weighted by atomic mass is 35.5. The summed E-state index contributed by atoms with van der Waals surface area (Å²) in [6.07, 6.45) is 7.17. The molecule has 0 amide bonds. The van der Waals surface area contributed by atoms with E-state index in [9.17, 15) is 0 Å². The minimum Gasteiger partial charge on any atom is -0.330 e. The number of nitrogens with one attached hydrogen (secondary N) is 2. The van der Waals surface area contributed by atoms with Crippen molar-refractivity contribution < 1.29 is 0 Å². The summed E-state index contributed by atoms with van der Waals surface area (Å²) < 4.78 is 5.49. The van der Waals surface area contributed by atoms with Crippen LogP contribution in [0.15, 0.2) is 43.0 Å². The van der Waals surface area contributed by atoms with E-state index in [0.29, 0.717) is 39.1 Å². The van der Waals surface area contributed by atoms with E-state index in [4.69, 9.17) is 47.0 Å². The van der Waals surface area contributed by atoms with Gasteiger partial charge in [-0.3, -0.25) is 14.0 Å². The first-order valence-corrected chi connectivity index (χ1v) is 11.6. The van der Waals surface area contributed by atoms with Crippen LogP contribution in [0.2, 0.25) is 15.1 Å². The molecule has 0 atom stereocenters. The first kappa shape index (κ1) is 23.6. The largest absolute Gasteiger partial charge is 0.330 e. The molecule has 12 heteroatoms. The van der Waals surface area contributed by atoms with Crippen molar-refractivity contribution in [3.63, 3.8) is 0 Å². The maximum atomic E-state index is 6.33. The fraction of sp³-hybridized carbons (Fsp3) is 0.238. The fourth-order valence-corrected chi connectivity index (χ4v) is 4.04. The number of nitrogens with zero attached hydrogens (tertiary/aromatic N) is 6. The van der Waals surface area contributed by atoms with Gasteiger partial charge in [-0.2, -0.15) is 15.3 Å². The van der Waals surface area contributed by atoms with Crippen LogP contribution in [0, 0.1) is 6.92 Å². The smallest absolute Gasteiger partial charge is 0.176 e. The molecule has 0 spiro atoms. The number of halogens is 3. The third-order valence-corrected chi connectivity index (χ3v) is 6.23. The minimum absolute atomic E-state index is 0.353. The van der Waals surface area contributed by atoms with E-state index >= 15 is 0 Å². The van der Waals surface area contributed by atoms with Crippen molar-refractivity contribution in [2.75, 3.05) is 10.6 Å². The van der Waals surface area contributed by atoms with Crippen LogP contribution in [0.3, 0.4) is 0 Å². The van der Waals surface area contributed by atoms with Crippen LogP contribution in [0.25, 0.3) is 0 Å². The van der Waals surface area contributed by atoms with E-state index in [0.717, 1.165) is 29.1 Å². The number of aryl methyl sites for hydroxylation is 1. The average Bonchev–Trinajstić information content (AvgIpc) is 3.45. The maximum absolute atomic E-state index is 6.33. The summed E-state index contributed by atoms with van der Waals surface area (Å²) in [5, 5.41) is 21.1. The highest BCUT2D eigenvalue weighted by Gasteiger charge is 2.11. The summed E-state index contributed by atoms with van der Waals surface area (Å²) in [5.74, 6) is 0.448. The Bertz CT molecular complexity index is 1290. The van der Waals surface area contributed by atoms with Crippen molar-refractivity contribution in [2.24, 2.45) is 0 Å². The fourth-order valence-electron chi connectivity index (χ4n) is 3.31. The van der Waals surface area contributed by atoms with Crippen LogP contribution in [-0.4, -0.2) is 34.5 Å². The van der Waals surface area contributed by atoms with Gasteiger partial charge in [-0.25, -0.2) is 0 Å². The third-order valence-electron chi connectivity index (χ3n) is 5.01. The van der Waals surface area contributed by atoms with Crippen LogP contribution in [0.5, 0.6) is 0 Å². The molecule has 0 saturated heterocycles. The number of aromatic nitrogens is 6. The number of hydrogen-bond acceptors (Lipinski definition) is 4. The van der Waals surface area contributed by atoms with Gasteiger partial charge in [0.1, 0.15) is 5.02 Å². The summed E-state index contributed by atoms with van der Waals surface area (Å²) in [6, 6.07) is 5.43. The van der Waals surface area contributed by atoms with Crippen LogP contribution < -0.4 is 10.6 Å². The molecule has 0 fully saturated rings. The monoisotopic (exact) mass is 522 g/mol. The normalized spacial score (nSPS) is 11.1. The molecule has 4 rings (SSSR count). The van der Waals surface area contributed by atoms with Gasteiger partial charge in [-0.05, 0) is 43.8 Å². The Kier molecular flexibility index (Phi) is 7.23. The lowest BCUT2D eigenvalue weighted by atomic mass is 10.2. The Morgan fingerprint density at radius 1 is 0.970 bits per heavy atom. The van der Waals surface area contributed by atoms with Gasteiger partial charge in [0.05, 0.1) is 41.2 Å². The molecule has 0 aliphatic rings. The number of anilines is 2. The molecule has 0 bridgehead atoms. The van der Waals surface area contributed by atoms with Crippen molar-refractivity contribution >= 4 is 63.6 Å². The van der Waals surface area contributed by atoms with E-state index in [2.05, 4.69) is 39.8 Å². The quantitative estimate of drug-likeness (QED) is 0.313. The lowest BCUT2D eigenvalue weighted by molar-refractivity contribution is 0.633. The Morgan fingerprint density at radius 2 is 1.79 bits per heavy atom. The molecular formula is C21H21Cl3N8S. The summed E-state index contributed by atoms with van der Waals surface area (Å²) in [4.78, 5) is 0. The Balaban J connectivity index is 1.36. The highest BCUT2D eigenvalue weighted by Crippen LogP contribution is 2.24. The SMILES string of the molecule is CCn1ncc(Cn2cc(NC(=S)Nc3nn(Cc4ccc(Cl)c(Cl)c4)cc3Cl)cn2)c1C. The summed E-state index contributed by atoms with van der Waals surface area (Å²) in [5.41, 5.74) is 3.94. The predicted molar refractivity (Wildman–Crippen MR) is 137 cm³/mol. The van der Waals surface area contributed by atoms with Crippen molar-refractivity contribution in [1.82, 2.24) is 29.3 Å². The zero-order valence-electron chi connectivity index (χ0n) is 17.9. The molecule has 4 aromatic rings. The van der Waals surface area contributed by atoms with Crippen LogP contribution in [-0.2, 0) is 19.6 Å². The van der Waals surface area contributed by atoms with E-state index < -0.39 is 0 Å². The molecular weight excluding hydrogens is 503 g/mol. The molecule has 0 radical (unpaired) electrons. The van der Waals surface area contributed by atoms with Crippen LogP contribution in [0.4, 0.5) is 11.5 Å². The molecule has 172 valence electrons. The van der Waals surface area contributed by atoms with Gasteiger partial charge in [0.2, 0.25) is 0 Å². The number of benzene rings is 1. The molecule has 2 N–H and O–H groups in total. The maximum Gasteiger partial charge on any atom is 0.176 e. The highest BCUT2D eigenvalue weighted by molar-refractivity contribution is 7.80. The van der Waals surface area contributed by atoms with E-state index in [1.165, 1.54) is 0 Å². The van der Waals surface area contributed by atoms with Gasteiger partial charge in [0.25, 0.3) is 0 Å². The lowest BCUT2D eigenvalue weighted by Gasteiger charge is -2.07. The van der Waals surface area contributed by atoms with Crippen LogP contribution >= 0.6 is 47.0 Å². The molecule has 1 aromatic carbocycles. The Hall–Kier alpha value is -2.59. The summed E-state index contributed by atoms with van der Waals surface area (Å²) in [6.45, 7) is 6.07. The van der Waals surface area contributed by atoms with Gasteiger partial charge in [0.15, 0.2) is 10.9 Å². The van der Waals surface area contributed by atoms with Crippen molar-refractivity contribution in [3.05, 3.63) is 74.9 Å². The number of rotatable bonds is 7. The predicted octanol–water partition coefficient (Wildman–Crippen LogP) is 5.47. The van der Waals surface area contributed by atoms with Gasteiger partial charge >= 0.3 is 0 Å². The second-order valence-corrected chi connectivity index (χ2v) is 8.98. The van der Waals surface area contributed by atoms with E-state index in [1.807, 2.05) is 27.8 Å². The molecule has 3 heterocycles. The Morgan fingerprint density at radius 3 is 2.52 bits per heavy atom. The van der Waals surface area contributed by atoms with Crippen molar-refractivity contribution in [2.45, 2.75) is 33.5 Å². The first-order valence-electron chi connectivity index (χ1n) is 10.1. The van der Waals surface area contributed by atoms with Crippen LogP contribution in [0.1, 0.15) is 23.7 Å². The van der Waals surface area contributed by atoms with Gasteiger partial charge in [-0.15, -0.1) is 0 Å². The second kappa shape index (κ2) is 10.1. The number of thiocarbonyl (C=S) groups is 1. The van der Waals surface area contributed by atoms with Gasteiger partial charge < -0.3 is 10.6 Å². The number of hydrogen-bond donors (Lipinski definition) is 2. The lowest BCUT2D eigenvalue weighted by Crippen LogP contribution is -2.19. The minimum atomic E-state index is 0.353. The molecule has 33 heavy (non-hydrogen) atoms. The zero-order chi connectivity index (χ0) is 23.5. The molecule has 8 nitrogen and oxygen atoms in total. The van der Waals surface area contributed by atoms with Gasteiger partial charge in [0, 0.05) is 30.2 Å². The van der Waals surface area contributed by atoms with E-state index in [1.54, 1.807) is 29.2 Å². The molecule has 3 aromatic heterocycles.